The Bertz CT molecular complexity index is 641. The second kappa shape index (κ2) is 5.35. The molecule has 23 heavy (non-hydrogen) atoms. The Morgan fingerprint density at radius 1 is 1.30 bits per heavy atom. The minimum atomic E-state index is -0.525. The summed E-state index contributed by atoms with van der Waals surface area (Å²) in [6.45, 7) is 2.46. The van der Waals surface area contributed by atoms with Crippen LogP contribution in [0.15, 0.2) is 6.20 Å². The molecule has 124 valence electrons. The third-order valence-electron chi connectivity index (χ3n) is 5.28. The number of carbonyl (C=O) groups is 2. The number of carbonyl (C=O) groups excluding carboxylic acids is 2. The highest BCUT2D eigenvalue weighted by Crippen LogP contribution is 2.41. The van der Waals surface area contributed by atoms with Gasteiger partial charge in [0.1, 0.15) is 18.1 Å². The van der Waals surface area contributed by atoms with Crippen molar-refractivity contribution < 1.29 is 9.59 Å². The first kappa shape index (κ1) is 14.7. The Morgan fingerprint density at radius 2 is 2.00 bits per heavy atom. The monoisotopic (exact) mass is 316 g/mol. The molecule has 3 aliphatic rings. The second-order valence-electron chi connectivity index (χ2n) is 7.36. The smallest absolute Gasteiger partial charge is 0.268 e. The molecular weight excluding hydrogens is 292 g/mol. The predicted molar refractivity (Wildman–Crippen MR) is 84.8 cm³/mol. The quantitative estimate of drug-likeness (QED) is 0.830. The number of hydrogen-bond donors (Lipinski definition) is 1. The minimum Gasteiger partial charge on any atom is -0.364 e. The number of imidazole rings is 1. The zero-order chi connectivity index (χ0) is 16.1. The van der Waals surface area contributed by atoms with Crippen LogP contribution in [-0.4, -0.2) is 38.3 Å². The summed E-state index contributed by atoms with van der Waals surface area (Å²) in [7, 11) is 0. The topological polar surface area (TPSA) is 81.2 Å². The van der Waals surface area contributed by atoms with E-state index in [9.17, 15) is 9.59 Å². The van der Waals surface area contributed by atoms with Crippen LogP contribution in [0.5, 0.6) is 0 Å². The van der Waals surface area contributed by atoms with Crippen LogP contribution in [0.25, 0.3) is 0 Å². The van der Waals surface area contributed by atoms with Gasteiger partial charge >= 0.3 is 0 Å². The van der Waals surface area contributed by atoms with Crippen molar-refractivity contribution in [1.82, 2.24) is 14.5 Å². The van der Waals surface area contributed by atoms with Gasteiger partial charge in [0.05, 0.1) is 0 Å². The van der Waals surface area contributed by atoms with Gasteiger partial charge in [-0.3, -0.25) is 9.59 Å². The third kappa shape index (κ3) is 2.99. The molecule has 3 fully saturated rings. The molecule has 0 aliphatic heterocycles. The largest absolute Gasteiger partial charge is 0.364 e. The average molecular weight is 316 g/mol. The summed E-state index contributed by atoms with van der Waals surface area (Å²) in [5, 5.41) is 0. The summed E-state index contributed by atoms with van der Waals surface area (Å²) in [6.07, 6.45) is 8.52. The van der Waals surface area contributed by atoms with Crippen LogP contribution in [0.4, 0.5) is 0 Å². The van der Waals surface area contributed by atoms with Crippen LogP contribution in [0.3, 0.4) is 0 Å². The first-order valence-electron chi connectivity index (χ1n) is 8.72. The number of nitrogens with zero attached hydrogens (tertiary/aromatic N) is 3. The highest BCUT2D eigenvalue weighted by molar-refractivity contribution is 5.90. The zero-order valence-corrected chi connectivity index (χ0v) is 13.6. The lowest BCUT2D eigenvalue weighted by atomic mass is 10.1. The van der Waals surface area contributed by atoms with Crippen molar-refractivity contribution in [3.8, 4) is 0 Å². The highest BCUT2D eigenvalue weighted by Gasteiger charge is 2.42. The first-order chi connectivity index (χ1) is 11.0. The molecule has 1 heterocycles. The lowest BCUT2D eigenvalue weighted by molar-refractivity contribution is -0.135. The maximum absolute atomic E-state index is 12.9. The van der Waals surface area contributed by atoms with E-state index in [1.54, 1.807) is 6.20 Å². The van der Waals surface area contributed by atoms with Gasteiger partial charge in [0.25, 0.3) is 5.91 Å². The Hall–Kier alpha value is -1.85. The van der Waals surface area contributed by atoms with Crippen molar-refractivity contribution >= 4 is 11.8 Å². The SMILES string of the molecule is C[C@@H](C1CC1)N(C(=O)Cn1cc(C(N)=O)nc1C1CC1)C1CC1. The molecule has 1 aromatic rings. The molecule has 2 N–H and O–H groups in total. The summed E-state index contributed by atoms with van der Waals surface area (Å²) in [6, 6.07) is 0.750. The van der Waals surface area contributed by atoms with Crippen molar-refractivity contribution in [3.05, 3.63) is 17.7 Å². The van der Waals surface area contributed by atoms with Gasteiger partial charge in [0.2, 0.25) is 5.91 Å². The van der Waals surface area contributed by atoms with Gasteiger partial charge in [-0.05, 0) is 51.4 Å². The van der Waals surface area contributed by atoms with E-state index in [4.69, 9.17) is 5.73 Å². The predicted octanol–water partition coefficient (Wildman–Crippen LogP) is 1.65. The third-order valence-corrected chi connectivity index (χ3v) is 5.28. The van der Waals surface area contributed by atoms with Crippen LogP contribution < -0.4 is 5.73 Å². The summed E-state index contributed by atoms with van der Waals surface area (Å²) < 4.78 is 1.86. The summed E-state index contributed by atoms with van der Waals surface area (Å²) in [5.74, 6) is 1.53. The summed E-state index contributed by atoms with van der Waals surface area (Å²) in [5.41, 5.74) is 5.62. The molecule has 0 unspecified atom stereocenters. The van der Waals surface area contributed by atoms with Gasteiger partial charge in [-0.2, -0.15) is 0 Å². The molecule has 4 rings (SSSR count). The van der Waals surface area contributed by atoms with Gasteiger partial charge < -0.3 is 15.2 Å². The standard InChI is InChI=1S/C17H24N4O2/c1-10(11-2-3-11)21(13-6-7-13)15(22)9-20-8-14(16(18)23)19-17(20)12-4-5-12/h8,10-13H,2-7,9H2,1H3,(H2,18,23)/t10-/m0/s1. The molecule has 0 saturated heterocycles. The van der Waals surface area contributed by atoms with Gasteiger partial charge in [0, 0.05) is 24.2 Å². The molecule has 3 saturated carbocycles. The van der Waals surface area contributed by atoms with Gasteiger partial charge in [0.15, 0.2) is 0 Å². The highest BCUT2D eigenvalue weighted by atomic mass is 16.2. The van der Waals surface area contributed by atoms with Crippen molar-refractivity contribution in [2.45, 2.75) is 70.0 Å². The summed E-state index contributed by atoms with van der Waals surface area (Å²) in [4.78, 5) is 30.8. The normalized spacial score (nSPS) is 22.0. The Morgan fingerprint density at radius 3 is 2.52 bits per heavy atom. The molecule has 2 amide bonds. The zero-order valence-electron chi connectivity index (χ0n) is 13.6. The second-order valence-corrected chi connectivity index (χ2v) is 7.36. The molecule has 1 atom stereocenters. The fraction of sp³-hybridized carbons (Fsp3) is 0.706. The van der Waals surface area contributed by atoms with E-state index in [1.807, 2.05) is 4.57 Å². The fourth-order valence-electron chi connectivity index (χ4n) is 3.49. The van der Waals surface area contributed by atoms with E-state index in [2.05, 4.69) is 16.8 Å². The lowest BCUT2D eigenvalue weighted by Crippen LogP contribution is -2.43. The van der Waals surface area contributed by atoms with E-state index in [0.29, 0.717) is 23.9 Å². The molecule has 6 nitrogen and oxygen atoms in total. The number of nitrogens with two attached hydrogens (primary N) is 1. The first-order valence-corrected chi connectivity index (χ1v) is 8.72. The van der Waals surface area contributed by atoms with Crippen LogP contribution in [0.2, 0.25) is 0 Å². The van der Waals surface area contributed by atoms with Crippen molar-refractivity contribution in [3.63, 3.8) is 0 Å². The van der Waals surface area contributed by atoms with Crippen LogP contribution >= 0.6 is 0 Å². The van der Waals surface area contributed by atoms with Gasteiger partial charge in [-0.15, -0.1) is 0 Å². The number of rotatable bonds is 7. The fourth-order valence-corrected chi connectivity index (χ4v) is 3.49. The number of hydrogen-bond acceptors (Lipinski definition) is 3. The van der Waals surface area contributed by atoms with Gasteiger partial charge in [-0.1, -0.05) is 0 Å². The number of aromatic nitrogens is 2. The number of primary amides is 1. The molecule has 0 radical (unpaired) electrons. The van der Waals surface area contributed by atoms with Crippen LogP contribution in [0, 0.1) is 5.92 Å². The Balaban J connectivity index is 1.54. The maximum Gasteiger partial charge on any atom is 0.268 e. The van der Waals surface area contributed by atoms with Crippen LogP contribution in [0.1, 0.15) is 67.7 Å². The van der Waals surface area contributed by atoms with E-state index < -0.39 is 5.91 Å². The van der Waals surface area contributed by atoms with E-state index in [1.165, 1.54) is 12.8 Å². The van der Waals surface area contributed by atoms with Crippen molar-refractivity contribution in [2.24, 2.45) is 11.7 Å². The van der Waals surface area contributed by atoms with Crippen molar-refractivity contribution in [1.29, 1.82) is 0 Å². The van der Waals surface area contributed by atoms with Crippen LogP contribution in [-0.2, 0) is 11.3 Å². The molecule has 0 spiro atoms. The molecule has 3 aliphatic carbocycles. The van der Waals surface area contributed by atoms with E-state index in [-0.39, 0.29) is 18.1 Å². The average Bonchev–Trinajstić information content (AvgIpc) is 3.34. The molecular formula is C17H24N4O2. The lowest BCUT2D eigenvalue weighted by Gasteiger charge is -2.30. The van der Waals surface area contributed by atoms with Gasteiger partial charge in [-0.25, -0.2) is 4.98 Å². The minimum absolute atomic E-state index is 0.155. The molecule has 1 aromatic heterocycles. The number of amides is 2. The molecule has 6 heteroatoms. The molecule has 0 bridgehead atoms. The van der Waals surface area contributed by atoms with Crippen molar-refractivity contribution in [2.75, 3.05) is 0 Å². The maximum atomic E-state index is 12.9. The summed E-state index contributed by atoms with van der Waals surface area (Å²) >= 11 is 0. The van der Waals surface area contributed by atoms with E-state index in [0.717, 1.165) is 31.5 Å². The molecule has 0 aromatic carbocycles. The Kier molecular flexibility index (Phi) is 3.43. The Labute approximate surface area is 136 Å². The van der Waals surface area contributed by atoms with E-state index >= 15 is 0 Å².